The summed E-state index contributed by atoms with van der Waals surface area (Å²) in [4.78, 5) is 8.79. The quantitative estimate of drug-likeness (QED) is 0.792. The lowest BCUT2D eigenvalue weighted by Gasteiger charge is -2.21. The van der Waals surface area contributed by atoms with Gasteiger partial charge in [0.25, 0.3) is 0 Å². The third kappa shape index (κ3) is 2.52. The normalized spacial score (nSPS) is 18.0. The zero-order chi connectivity index (χ0) is 10.7. The largest absolute Gasteiger partial charge is 0.390 e. The molecule has 4 nitrogen and oxygen atoms in total. The second-order valence-corrected chi connectivity index (χ2v) is 3.90. The predicted molar refractivity (Wildman–Crippen MR) is 55.5 cm³/mol. The SMILES string of the molecule is Cc1cc(CO)nc(C2CCOCC2)n1. The van der Waals surface area contributed by atoms with E-state index in [1.807, 2.05) is 13.0 Å². The average molecular weight is 208 g/mol. The van der Waals surface area contributed by atoms with Crippen LogP contribution in [0.5, 0.6) is 0 Å². The zero-order valence-corrected chi connectivity index (χ0v) is 8.94. The second kappa shape index (κ2) is 4.68. The molecule has 1 fully saturated rings. The molecule has 0 aliphatic carbocycles. The number of hydrogen-bond donors (Lipinski definition) is 1. The number of aromatic nitrogens is 2. The van der Waals surface area contributed by atoms with Crippen LogP contribution >= 0.6 is 0 Å². The van der Waals surface area contributed by atoms with E-state index in [1.54, 1.807) is 0 Å². The first kappa shape index (κ1) is 10.5. The van der Waals surface area contributed by atoms with Gasteiger partial charge >= 0.3 is 0 Å². The Hall–Kier alpha value is -1.00. The molecule has 4 heteroatoms. The minimum absolute atomic E-state index is 0.0143. The zero-order valence-electron chi connectivity index (χ0n) is 8.94. The number of aliphatic hydroxyl groups is 1. The Kier molecular flexibility index (Phi) is 3.28. The lowest BCUT2D eigenvalue weighted by atomic mass is 9.99. The average Bonchev–Trinajstić information content (AvgIpc) is 2.29. The third-order valence-corrected chi connectivity index (χ3v) is 2.67. The van der Waals surface area contributed by atoms with Crippen molar-refractivity contribution in [3.63, 3.8) is 0 Å². The van der Waals surface area contributed by atoms with E-state index in [1.165, 1.54) is 0 Å². The van der Waals surface area contributed by atoms with Gasteiger partial charge in [0.2, 0.25) is 0 Å². The Bertz CT molecular complexity index is 335. The molecule has 0 saturated carbocycles. The lowest BCUT2D eigenvalue weighted by molar-refractivity contribution is 0.0834. The van der Waals surface area contributed by atoms with Crippen LogP contribution in [0.15, 0.2) is 6.07 Å². The fourth-order valence-corrected chi connectivity index (χ4v) is 1.88. The summed E-state index contributed by atoms with van der Waals surface area (Å²) in [6.07, 6.45) is 1.96. The summed E-state index contributed by atoms with van der Waals surface area (Å²) in [5.41, 5.74) is 1.64. The Balaban J connectivity index is 2.22. The van der Waals surface area contributed by atoms with Crippen molar-refractivity contribution in [2.45, 2.75) is 32.3 Å². The fraction of sp³-hybridized carbons (Fsp3) is 0.636. The van der Waals surface area contributed by atoms with Gasteiger partial charge in [-0.25, -0.2) is 9.97 Å². The van der Waals surface area contributed by atoms with E-state index in [4.69, 9.17) is 9.84 Å². The van der Waals surface area contributed by atoms with E-state index in [0.717, 1.165) is 37.6 Å². The van der Waals surface area contributed by atoms with Crippen molar-refractivity contribution in [3.8, 4) is 0 Å². The van der Waals surface area contributed by atoms with Crippen molar-refractivity contribution in [3.05, 3.63) is 23.3 Å². The number of ether oxygens (including phenoxy) is 1. The number of rotatable bonds is 2. The number of nitrogens with zero attached hydrogens (tertiary/aromatic N) is 2. The van der Waals surface area contributed by atoms with Crippen LogP contribution in [0.4, 0.5) is 0 Å². The molecular formula is C11H16N2O2. The van der Waals surface area contributed by atoms with Gasteiger partial charge in [-0.2, -0.15) is 0 Å². The van der Waals surface area contributed by atoms with E-state index in [2.05, 4.69) is 9.97 Å². The molecule has 0 bridgehead atoms. The molecule has 1 N–H and O–H groups in total. The Morgan fingerprint density at radius 1 is 1.40 bits per heavy atom. The molecule has 1 saturated heterocycles. The maximum atomic E-state index is 9.07. The van der Waals surface area contributed by atoms with Crippen molar-refractivity contribution >= 4 is 0 Å². The molecular weight excluding hydrogens is 192 g/mol. The summed E-state index contributed by atoms with van der Waals surface area (Å²) in [5, 5.41) is 9.07. The predicted octanol–water partition coefficient (Wildman–Crippen LogP) is 1.17. The Morgan fingerprint density at radius 2 is 2.13 bits per heavy atom. The molecule has 1 aliphatic heterocycles. The van der Waals surface area contributed by atoms with Crippen LogP contribution in [0.1, 0.15) is 36.0 Å². The first-order valence-corrected chi connectivity index (χ1v) is 5.32. The van der Waals surface area contributed by atoms with Gasteiger partial charge in [-0.3, -0.25) is 0 Å². The van der Waals surface area contributed by atoms with E-state index < -0.39 is 0 Å². The number of hydrogen-bond acceptors (Lipinski definition) is 4. The van der Waals surface area contributed by atoms with Crippen LogP contribution < -0.4 is 0 Å². The van der Waals surface area contributed by atoms with Crippen molar-refractivity contribution in [2.75, 3.05) is 13.2 Å². The molecule has 0 unspecified atom stereocenters. The summed E-state index contributed by atoms with van der Waals surface area (Å²) in [6, 6.07) is 1.82. The van der Waals surface area contributed by atoms with Crippen molar-refractivity contribution in [1.82, 2.24) is 9.97 Å². The highest BCUT2D eigenvalue weighted by Gasteiger charge is 2.19. The van der Waals surface area contributed by atoms with E-state index in [-0.39, 0.29) is 6.61 Å². The van der Waals surface area contributed by atoms with Gasteiger partial charge in [-0.1, -0.05) is 0 Å². The molecule has 1 aromatic heterocycles. The first-order valence-electron chi connectivity index (χ1n) is 5.32. The summed E-state index contributed by atoms with van der Waals surface area (Å²) in [5.74, 6) is 1.26. The Labute approximate surface area is 89.3 Å². The van der Waals surface area contributed by atoms with Crippen LogP contribution in [0.3, 0.4) is 0 Å². The van der Waals surface area contributed by atoms with Gasteiger partial charge < -0.3 is 9.84 Å². The molecule has 15 heavy (non-hydrogen) atoms. The van der Waals surface area contributed by atoms with Crippen LogP contribution in [0.2, 0.25) is 0 Å². The summed E-state index contributed by atoms with van der Waals surface area (Å²) in [7, 11) is 0. The molecule has 0 aromatic carbocycles. The second-order valence-electron chi connectivity index (χ2n) is 3.90. The highest BCUT2D eigenvalue weighted by molar-refractivity contribution is 5.11. The maximum Gasteiger partial charge on any atom is 0.132 e. The molecule has 1 aliphatic rings. The van der Waals surface area contributed by atoms with Gasteiger partial charge in [0.1, 0.15) is 5.82 Å². The van der Waals surface area contributed by atoms with Gasteiger partial charge in [-0.05, 0) is 25.8 Å². The van der Waals surface area contributed by atoms with Crippen LogP contribution in [-0.4, -0.2) is 28.3 Å². The minimum atomic E-state index is -0.0143. The van der Waals surface area contributed by atoms with Crippen LogP contribution in [0, 0.1) is 6.92 Å². The lowest BCUT2D eigenvalue weighted by Crippen LogP contribution is -2.17. The van der Waals surface area contributed by atoms with E-state index in [9.17, 15) is 0 Å². The summed E-state index contributed by atoms with van der Waals surface area (Å²) < 4.78 is 5.30. The van der Waals surface area contributed by atoms with Gasteiger partial charge in [-0.15, -0.1) is 0 Å². The summed E-state index contributed by atoms with van der Waals surface area (Å²) >= 11 is 0. The number of aryl methyl sites for hydroxylation is 1. The topological polar surface area (TPSA) is 55.2 Å². The standard InChI is InChI=1S/C11H16N2O2/c1-8-6-10(7-14)13-11(12-8)9-2-4-15-5-3-9/h6,9,14H,2-5,7H2,1H3. The smallest absolute Gasteiger partial charge is 0.132 e. The molecule has 1 aromatic rings. The molecule has 0 spiro atoms. The Morgan fingerprint density at radius 3 is 2.80 bits per heavy atom. The van der Waals surface area contributed by atoms with Crippen LogP contribution in [-0.2, 0) is 11.3 Å². The van der Waals surface area contributed by atoms with Crippen molar-refractivity contribution < 1.29 is 9.84 Å². The van der Waals surface area contributed by atoms with Gasteiger partial charge in [0.05, 0.1) is 12.3 Å². The molecule has 0 atom stereocenters. The monoisotopic (exact) mass is 208 g/mol. The van der Waals surface area contributed by atoms with Crippen molar-refractivity contribution in [2.24, 2.45) is 0 Å². The minimum Gasteiger partial charge on any atom is -0.390 e. The van der Waals surface area contributed by atoms with E-state index >= 15 is 0 Å². The highest BCUT2D eigenvalue weighted by Crippen LogP contribution is 2.24. The van der Waals surface area contributed by atoms with Crippen molar-refractivity contribution in [1.29, 1.82) is 0 Å². The molecule has 2 rings (SSSR count). The summed E-state index contributed by atoms with van der Waals surface area (Å²) in [6.45, 7) is 3.50. The van der Waals surface area contributed by atoms with Gasteiger partial charge in [0.15, 0.2) is 0 Å². The highest BCUT2D eigenvalue weighted by atomic mass is 16.5. The maximum absolute atomic E-state index is 9.07. The first-order chi connectivity index (χ1) is 7.29. The molecule has 2 heterocycles. The molecule has 0 radical (unpaired) electrons. The molecule has 82 valence electrons. The molecule has 0 amide bonds. The van der Waals surface area contributed by atoms with E-state index in [0.29, 0.717) is 11.6 Å². The number of aliphatic hydroxyl groups excluding tert-OH is 1. The third-order valence-electron chi connectivity index (χ3n) is 2.67. The van der Waals surface area contributed by atoms with Crippen LogP contribution in [0.25, 0.3) is 0 Å². The van der Waals surface area contributed by atoms with Gasteiger partial charge in [0, 0.05) is 24.8 Å². The fourth-order valence-electron chi connectivity index (χ4n) is 1.88.